The fraction of sp³-hybridized carbons (Fsp3) is 0.500. The highest BCUT2D eigenvalue weighted by Gasteiger charge is 2.11. The summed E-state index contributed by atoms with van der Waals surface area (Å²) in [5.41, 5.74) is 6.71. The molecule has 1 aromatic carbocycles. The van der Waals surface area contributed by atoms with Crippen LogP contribution in [0, 0.1) is 0 Å². The first-order valence-corrected chi connectivity index (χ1v) is 7.59. The predicted octanol–water partition coefficient (Wildman–Crippen LogP) is 2.58. The van der Waals surface area contributed by atoms with Crippen LogP contribution in [0.2, 0.25) is 0 Å². The second kappa shape index (κ2) is 9.28. The number of nitrogens with zero attached hydrogens (tertiary/aromatic N) is 1. The topological polar surface area (TPSA) is 47.7 Å². The Morgan fingerprint density at radius 1 is 1.35 bits per heavy atom. The summed E-state index contributed by atoms with van der Waals surface area (Å²) in [5, 5.41) is 0. The van der Waals surface area contributed by atoms with Gasteiger partial charge in [0.2, 0.25) is 0 Å². The minimum Gasteiger partial charge on any atom is -0.496 e. The molecule has 0 aliphatic carbocycles. The van der Waals surface area contributed by atoms with Gasteiger partial charge in [-0.25, -0.2) is 0 Å². The molecule has 0 unspecified atom stereocenters. The molecule has 0 aromatic heterocycles. The van der Waals surface area contributed by atoms with Gasteiger partial charge in [-0.1, -0.05) is 28.1 Å². The Morgan fingerprint density at radius 3 is 2.70 bits per heavy atom. The van der Waals surface area contributed by atoms with E-state index in [0.717, 1.165) is 35.4 Å². The number of rotatable bonds is 9. The molecule has 0 bridgehead atoms. The molecule has 0 spiro atoms. The summed E-state index contributed by atoms with van der Waals surface area (Å²) < 4.78 is 11.6. The Hall–Kier alpha value is -0.690. The van der Waals surface area contributed by atoms with Gasteiger partial charge in [-0.05, 0) is 18.2 Å². The number of thiocarbonyl (C=S) groups is 1. The first-order valence-electron chi connectivity index (χ1n) is 6.38. The first kappa shape index (κ1) is 17.4. The van der Waals surface area contributed by atoms with E-state index in [4.69, 9.17) is 27.4 Å². The van der Waals surface area contributed by atoms with E-state index < -0.39 is 0 Å². The van der Waals surface area contributed by atoms with E-state index in [1.54, 1.807) is 14.2 Å². The molecule has 4 nitrogen and oxygen atoms in total. The van der Waals surface area contributed by atoms with Crippen LogP contribution in [-0.2, 0) is 11.3 Å². The third-order valence-electron chi connectivity index (χ3n) is 2.92. The van der Waals surface area contributed by atoms with Crippen LogP contribution >= 0.6 is 28.1 Å². The summed E-state index contributed by atoms with van der Waals surface area (Å²) in [6.07, 6.45) is 0.704. The van der Waals surface area contributed by atoms with E-state index in [0.29, 0.717) is 18.0 Å². The van der Waals surface area contributed by atoms with Crippen molar-refractivity contribution in [2.75, 3.05) is 33.9 Å². The van der Waals surface area contributed by atoms with Gasteiger partial charge in [0.25, 0.3) is 0 Å². The van der Waals surface area contributed by atoms with Crippen LogP contribution in [0.3, 0.4) is 0 Å². The zero-order chi connectivity index (χ0) is 15.0. The van der Waals surface area contributed by atoms with Crippen molar-refractivity contribution in [1.82, 2.24) is 4.90 Å². The van der Waals surface area contributed by atoms with Gasteiger partial charge in [0, 0.05) is 43.2 Å². The second-order valence-corrected chi connectivity index (χ2v) is 5.88. The Morgan fingerprint density at radius 2 is 2.10 bits per heavy atom. The first-order chi connectivity index (χ1) is 9.56. The molecule has 0 fully saturated rings. The number of hydrogen-bond acceptors (Lipinski definition) is 4. The number of hydrogen-bond donors (Lipinski definition) is 1. The van der Waals surface area contributed by atoms with Crippen LogP contribution in [-0.4, -0.2) is 43.8 Å². The molecule has 0 amide bonds. The molecule has 2 N–H and O–H groups in total. The molecule has 0 saturated carbocycles. The quantitative estimate of drug-likeness (QED) is 0.685. The van der Waals surface area contributed by atoms with Crippen LogP contribution < -0.4 is 10.5 Å². The van der Waals surface area contributed by atoms with Gasteiger partial charge in [0.15, 0.2) is 0 Å². The fourth-order valence-corrected chi connectivity index (χ4v) is 2.37. The summed E-state index contributed by atoms with van der Waals surface area (Å²) in [5.74, 6) is 0.881. The van der Waals surface area contributed by atoms with Gasteiger partial charge in [0.1, 0.15) is 5.75 Å². The molecule has 20 heavy (non-hydrogen) atoms. The van der Waals surface area contributed by atoms with Crippen molar-refractivity contribution in [1.29, 1.82) is 0 Å². The summed E-state index contributed by atoms with van der Waals surface area (Å²) in [7, 11) is 3.38. The zero-order valence-electron chi connectivity index (χ0n) is 11.9. The SMILES string of the molecule is COCCN(CCC(N)=S)Cc1cc(Br)ccc1OC. The van der Waals surface area contributed by atoms with Gasteiger partial charge in [-0.15, -0.1) is 0 Å². The normalized spacial score (nSPS) is 10.8. The monoisotopic (exact) mass is 360 g/mol. The molecular formula is C14H21BrN2O2S. The van der Waals surface area contributed by atoms with Crippen molar-refractivity contribution in [2.45, 2.75) is 13.0 Å². The van der Waals surface area contributed by atoms with Crippen LogP contribution in [0.25, 0.3) is 0 Å². The van der Waals surface area contributed by atoms with E-state index >= 15 is 0 Å². The lowest BCUT2D eigenvalue weighted by atomic mass is 10.2. The van der Waals surface area contributed by atoms with Crippen molar-refractivity contribution < 1.29 is 9.47 Å². The smallest absolute Gasteiger partial charge is 0.123 e. The summed E-state index contributed by atoms with van der Waals surface area (Å²) >= 11 is 8.44. The lowest BCUT2D eigenvalue weighted by Crippen LogP contribution is -2.30. The second-order valence-electron chi connectivity index (χ2n) is 4.44. The molecule has 0 aliphatic heterocycles. The van der Waals surface area contributed by atoms with Gasteiger partial charge in [-0.3, -0.25) is 4.90 Å². The standard InChI is InChI=1S/C14H21BrN2O2S/c1-18-8-7-17(6-5-14(16)20)10-11-9-12(15)3-4-13(11)19-2/h3-4,9H,5-8,10H2,1-2H3,(H2,16,20). The van der Waals surface area contributed by atoms with E-state index in [9.17, 15) is 0 Å². The third-order valence-corrected chi connectivity index (χ3v) is 3.62. The maximum atomic E-state index is 5.58. The van der Waals surface area contributed by atoms with Crippen LogP contribution in [0.15, 0.2) is 22.7 Å². The Labute approximate surface area is 134 Å². The molecule has 1 rings (SSSR count). The minimum absolute atomic E-state index is 0.536. The number of nitrogens with two attached hydrogens (primary N) is 1. The van der Waals surface area contributed by atoms with Crippen LogP contribution in [0.1, 0.15) is 12.0 Å². The molecule has 6 heteroatoms. The fourth-order valence-electron chi connectivity index (χ4n) is 1.87. The van der Waals surface area contributed by atoms with E-state index in [-0.39, 0.29) is 0 Å². The van der Waals surface area contributed by atoms with Gasteiger partial charge >= 0.3 is 0 Å². The maximum Gasteiger partial charge on any atom is 0.123 e. The molecule has 112 valence electrons. The molecule has 0 radical (unpaired) electrons. The van der Waals surface area contributed by atoms with Crippen LogP contribution in [0.4, 0.5) is 0 Å². The molecule has 0 saturated heterocycles. The number of ether oxygens (including phenoxy) is 2. The number of halogens is 1. The minimum atomic E-state index is 0.536. The number of benzene rings is 1. The van der Waals surface area contributed by atoms with Crippen LogP contribution in [0.5, 0.6) is 5.75 Å². The predicted molar refractivity (Wildman–Crippen MR) is 89.2 cm³/mol. The average molecular weight is 361 g/mol. The van der Waals surface area contributed by atoms with E-state index in [1.165, 1.54) is 0 Å². The molecular weight excluding hydrogens is 340 g/mol. The van der Waals surface area contributed by atoms with Crippen molar-refractivity contribution in [3.63, 3.8) is 0 Å². The van der Waals surface area contributed by atoms with Crippen molar-refractivity contribution in [3.8, 4) is 5.75 Å². The highest BCUT2D eigenvalue weighted by atomic mass is 79.9. The molecule has 0 aliphatic rings. The van der Waals surface area contributed by atoms with E-state index in [2.05, 4.69) is 26.9 Å². The summed E-state index contributed by atoms with van der Waals surface area (Å²) in [4.78, 5) is 2.79. The average Bonchev–Trinajstić information content (AvgIpc) is 2.42. The lowest BCUT2D eigenvalue weighted by molar-refractivity contribution is 0.145. The Balaban J connectivity index is 2.76. The summed E-state index contributed by atoms with van der Waals surface area (Å²) in [6.45, 7) is 3.09. The van der Waals surface area contributed by atoms with Gasteiger partial charge < -0.3 is 15.2 Å². The van der Waals surface area contributed by atoms with Gasteiger partial charge in [-0.2, -0.15) is 0 Å². The molecule has 1 aromatic rings. The maximum absolute atomic E-state index is 5.58. The van der Waals surface area contributed by atoms with E-state index in [1.807, 2.05) is 12.1 Å². The largest absolute Gasteiger partial charge is 0.496 e. The Bertz CT molecular complexity index is 443. The van der Waals surface area contributed by atoms with Crippen molar-refractivity contribution >= 4 is 33.1 Å². The highest BCUT2D eigenvalue weighted by Crippen LogP contribution is 2.24. The number of methoxy groups -OCH3 is 2. The highest BCUT2D eigenvalue weighted by molar-refractivity contribution is 9.10. The molecule has 0 atom stereocenters. The zero-order valence-corrected chi connectivity index (χ0v) is 14.3. The lowest BCUT2D eigenvalue weighted by Gasteiger charge is -2.23. The summed E-state index contributed by atoms with van der Waals surface area (Å²) in [6, 6.07) is 6.00. The van der Waals surface area contributed by atoms with Crippen molar-refractivity contribution in [2.24, 2.45) is 5.73 Å². The third kappa shape index (κ3) is 6.17. The Kier molecular flexibility index (Phi) is 8.06. The van der Waals surface area contributed by atoms with Crippen molar-refractivity contribution in [3.05, 3.63) is 28.2 Å². The van der Waals surface area contributed by atoms with Gasteiger partial charge in [0.05, 0.1) is 18.7 Å². The molecule has 0 heterocycles.